The average Bonchev–Trinajstić information content (AvgIpc) is 2.72. The summed E-state index contributed by atoms with van der Waals surface area (Å²) in [4.78, 5) is 25.5. The fourth-order valence-electron chi connectivity index (χ4n) is 3.25. The Balaban J connectivity index is 0.00000450. The maximum absolute atomic E-state index is 12.6. The van der Waals surface area contributed by atoms with Crippen molar-refractivity contribution in [3.63, 3.8) is 0 Å². The van der Waals surface area contributed by atoms with E-state index in [-0.39, 0.29) is 13.3 Å². The topological polar surface area (TPSA) is 58.6 Å². The van der Waals surface area contributed by atoms with Crippen molar-refractivity contribution in [2.45, 2.75) is 46.0 Å². The number of benzene rings is 2. The third-order valence-corrected chi connectivity index (χ3v) is 5.08. The Morgan fingerprint density at radius 3 is 2.21 bits per heavy atom. The van der Waals surface area contributed by atoms with Crippen LogP contribution in [0.4, 0.5) is 11.4 Å². The van der Waals surface area contributed by atoms with Gasteiger partial charge in [0.15, 0.2) is 0 Å². The van der Waals surface area contributed by atoms with E-state index in [4.69, 9.17) is 0 Å². The Kier molecular flexibility index (Phi) is 8.71. The molecule has 0 saturated carbocycles. The van der Waals surface area contributed by atoms with Crippen molar-refractivity contribution in [1.29, 1.82) is 0 Å². The summed E-state index contributed by atoms with van der Waals surface area (Å²) in [6, 6.07) is 13.8. The van der Waals surface area contributed by atoms with Crippen molar-refractivity contribution < 1.29 is 15.8 Å². The Labute approximate surface area is 175 Å². The molecule has 0 fully saturated rings. The van der Waals surface area contributed by atoms with Crippen molar-refractivity contribution in [2.75, 3.05) is 26.0 Å². The van der Waals surface area contributed by atoms with Gasteiger partial charge in [0.1, 0.15) is 0 Å². The normalized spacial score (nSPS) is 10.5. The predicted molar refractivity (Wildman–Crippen MR) is 120 cm³/mol. The highest BCUT2D eigenvalue weighted by atomic mass is 16.5. The first-order valence-corrected chi connectivity index (χ1v) is 10.2. The van der Waals surface area contributed by atoms with Crippen LogP contribution >= 0.6 is 0 Å². The number of para-hydroxylation sites is 1. The molecule has 0 bridgehead atoms. The van der Waals surface area contributed by atoms with Crippen LogP contribution in [0, 0.1) is 13.8 Å². The van der Waals surface area contributed by atoms with Crippen molar-refractivity contribution in [2.24, 2.45) is 0 Å². The summed E-state index contributed by atoms with van der Waals surface area (Å²) in [5.74, 6) is -0.133. The van der Waals surface area contributed by atoms with Crippen LogP contribution < -0.4 is 5.32 Å². The van der Waals surface area contributed by atoms with Crippen LogP contribution in [-0.2, 0) is 9.53 Å². The molecular formula is C24H34N2O3. The number of amides is 1. The molecular weight excluding hydrogens is 364 g/mol. The maximum Gasteiger partial charge on any atom is 0.305 e. The van der Waals surface area contributed by atoms with Gasteiger partial charge in [0.05, 0.1) is 7.11 Å². The molecule has 0 spiro atoms. The van der Waals surface area contributed by atoms with Crippen molar-refractivity contribution >= 4 is 23.3 Å². The highest BCUT2D eigenvalue weighted by Crippen LogP contribution is 2.24. The molecule has 2 aromatic rings. The third-order valence-electron chi connectivity index (χ3n) is 5.08. The molecule has 1 amide bonds. The molecule has 1 N–H and O–H groups in total. The number of anilines is 2. The van der Waals surface area contributed by atoms with Crippen LogP contribution in [0.2, 0.25) is 0 Å². The van der Waals surface area contributed by atoms with Gasteiger partial charge < -0.3 is 15.0 Å². The summed E-state index contributed by atoms with van der Waals surface area (Å²) >= 11 is 0. The standard InChI is InChI=1S/C24H32N2O3.H2/c1-18-10-9-11-19(2)23(18)25-21-15-13-20(14-16-21)24(28)26(3)17-8-6-5-7-12-22(27)29-4;/h9-11,13-16,25H,5-8,12,17H2,1-4H3;1H. The molecule has 2 aromatic carbocycles. The predicted octanol–water partition coefficient (Wildman–Crippen LogP) is 5.49. The minimum atomic E-state index is -0.159. The van der Waals surface area contributed by atoms with E-state index in [0.29, 0.717) is 18.5 Å². The number of aryl methyl sites for hydroxylation is 2. The van der Waals surface area contributed by atoms with Crippen molar-refractivity contribution in [3.05, 3.63) is 59.2 Å². The second-order valence-electron chi connectivity index (χ2n) is 7.44. The first kappa shape index (κ1) is 22.5. The van der Waals surface area contributed by atoms with Crippen LogP contribution in [0.3, 0.4) is 0 Å². The number of hydrogen-bond donors (Lipinski definition) is 1. The lowest BCUT2D eigenvalue weighted by atomic mass is 10.1. The largest absolute Gasteiger partial charge is 0.469 e. The number of esters is 1. The zero-order valence-corrected chi connectivity index (χ0v) is 18.0. The second-order valence-corrected chi connectivity index (χ2v) is 7.44. The fourth-order valence-corrected chi connectivity index (χ4v) is 3.25. The minimum absolute atomic E-state index is 0. The Morgan fingerprint density at radius 1 is 0.966 bits per heavy atom. The fraction of sp³-hybridized carbons (Fsp3) is 0.417. The number of rotatable bonds is 10. The first-order chi connectivity index (χ1) is 13.9. The number of methoxy groups -OCH3 is 1. The average molecular weight is 399 g/mol. The van der Waals surface area contributed by atoms with Crippen LogP contribution in [0.1, 0.15) is 55.0 Å². The van der Waals surface area contributed by atoms with Gasteiger partial charge in [-0.2, -0.15) is 0 Å². The molecule has 0 saturated heterocycles. The Morgan fingerprint density at radius 2 is 1.59 bits per heavy atom. The molecule has 0 aromatic heterocycles. The van der Waals surface area contributed by atoms with Gasteiger partial charge in [-0.25, -0.2) is 0 Å². The summed E-state index contributed by atoms with van der Waals surface area (Å²) < 4.78 is 4.63. The van der Waals surface area contributed by atoms with Gasteiger partial charge in [0.2, 0.25) is 0 Å². The smallest absolute Gasteiger partial charge is 0.305 e. The summed E-state index contributed by atoms with van der Waals surface area (Å²) in [5.41, 5.74) is 5.14. The number of nitrogens with one attached hydrogen (secondary N) is 1. The maximum atomic E-state index is 12.6. The van der Waals surface area contributed by atoms with Gasteiger partial charge in [0, 0.05) is 38.4 Å². The van der Waals surface area contributed by atoms with E-state index >= 15 is 0 Å². The molecule has 0 aliphatic rings. The number of hydrogen-bond acceptors (Lipinski definition) is 4. The number of nitrogens with zero attached hydrogens (tertiary/aromatic N) is 1. The molecule has 0 aliphatic carbocycles. The summed E-state index contributed by atoms with van der Waals surface area (Å²) in [6.45, 7) is 4.87. The number of carbonyl (C=O) groups is 2. The highest BCUT2D eigenvalue weighted by molar-refractivity contribution is 5.94. The number of unbranched alkanes of at least 4 members (excludes halogenated alkanes) is 3. The number of ether oxygens (including phenoxy) is 1. The molecule has 5 nitrogen and oxygen atoms in total. The Bertz CT molecular complexity index is 801. The van der Waals surface area contributed by atoms with Gasteiger partial charge in [-0.3, -0.25) is 9.59 Å². The van der Waals surface area contributed by atoms with E-state index < -0.39 is 0 Å². The zero-order chi connectivity index (χ0) is 21.2. The van der Waals surface area contributed by atoms with Gasteiger partial charge in [-0.15, -0.1) is 0 Å². The van der Waals surface area contributed by atoms with E-state index in [1.165, 1.54) is 18.2 Å². The van der Waals surface area contributed by atoms with Crippen molar-refractivity contribution in [3.8, 4) is 0 Å². The van der Waals surface area contributed by atoms with E-state index in [2.05, 4.69) is 36.0 Å². The molecule has 0 atom stereocenters. The van der Waals surface area contributed by atoms with Crippen LogP contribution in [0.5, 0.6) is 0 Å². The summed E-state index contributed by atoms with van der Waals surface area (Å²) in [5, 5.41) is 3.44. The van der Waals surface area contributed by atoms with Crippen LogP contribution in [0.15, 0.2) is 42.5 Å². The van der Waals surface area contributed by atoms with Gasteiger partial charge >= 0.3 is 5.97 Å². The Hall–Kier alpha value is -2.82. The van der Waals surface area contributed by atoms with E-state index in [9.17, 15) is 9.59 Å². The molecule has 0 heterocycles. The molecule has 158 valence electrons. The molecule has 29 heavy (non-hydrogen) atoms. The third kappa shape index (κ3) is 6.93. The summed E-state index contributed by atoms with van der Waals surface area (Å²) in [6.07, 6.45) is 4.19. The lowest BCUT2D eigenvalue weighted by molar-refractivity contribution is -0.140. The first-order valence-electron chi connectivity index (χ1n) is 10.2. The molecule has 5 heteroatoms. The second kappa shape index (κ2) is 11.2. The highest BCUT2D eigenvalue weighted by Gasteiger charge is 2.11. The van der Waals surface area contributed by atoms with Gasteiger partial charge in [-0.05, 0) is 62.1 Å². The molecule has 0 aliphatic heterocycles. The zero-order valence-electron chi connectivity index (χ0n) is 18.0. The monoisotopic (exact) mass is 398 g/mol. The van der Waals surface area contributed by atoms with E-state index in [1.54, 1.807) is 4.90 Å². The van der Waals surface area contributed by atoms with Crippen LogP contribution in [0.25, 0.3) is 0 Å². The van der Waals surface area contributed by atoms with E-state index in [0.717, 1.165) is 37.1 Å². The molecule has 2 rings (SSSR count). The SMILES string of the molecule is COC(=O)CCCCCCN(C)C(=O)c1ccc(Nc2c(C)cccc2C)cc1.[HH]. The summed E-state index contributed by atoms with van der Waals surface area (Å²) in [7, 11) is 3.24. The van der Waals surface area contributed by atoms with E-state index in [1.807, 2.05) is 37.4 Å². The van der Waals surface area contributed by atoms with Crippen LogP contribution in [-0.4, -0.2) is 37.5 Å². The minimum Gasteiger partial charge on any atom is -0.469 e. The lowest BCUT2D eigenvalue weighted by Crippen LogP contribution is -2.27. The molecule has 0 unspecified atom stereocenters. The van der Waals surface area contributed by atoms with Gasteiger partial charge in [-0.1, -0.05) is 31.0 Å². The molecule has 0 radical (unpaired) electrons. The van der Waals surface area contributed by atoms with Crippen molar-refractivity contribution in [1.82, 2.24) is 4.90 Å². The number of carbonyl (C=O) groups excluding carboxylic acids is 2. The quantitative estimate of drug-likeness (QED) is 0.425. The van der Waals surface area contributed by atoms with Gasteiger partial charge in [0.25, 0.3) is 5.91 Å². The lowest BCUT2D eigenvalue weighted by Gasteiger charge is -2.18.